The summed E-state index contributed by atoms with van der Waals surface area (Å²) >= 11 is 5.96. The van der Waals surface area contributed by atoms with E-state index in [1.165, 1.54) is 325 Å². The van der Waals surface area contributed by atoms with Gasteiger partial charge in [0.05, 0.1) is 0 Å². The van der Waals surface area contributed by atoms with E-state index in [0.717, 1.165) is 0 Å². The van der Waals surface area contributed by atoms with E-state index < -0.39 is 7.32 Å². The molecule has 7 heteroatoms. The Balaban J connectivity index is -0.000000404. The average molecular weight is 964 g/mol. The van der Waals surface area contributed by atoms with Crippen molar-refractivity contribution in [3.63, 3.8) is 0 Å². The first-order valence-corrected chi connectivity index (χ1v) is 33.2. The molecule has 0 unspecified atom stereocenters. The molecule has 0 bridgehead atoms. The number of unbranched alkanes of at least 4 members (excludes halogenated alkanes) is 45. The summed E-state index contributed by atoms with van der Waals surface area (Å²) < 4.78 is 0. The first-order valence-electron chi connectivity index (χ1n) is 29.0. The summed E-state index contributed by atoms with van der Waals surface area (Å²) in [5, 5.41) is 21.5. The van der Waals surface area contributed by atoms with Crippen molar-refractivity contribution in [2.45, 2.75) is 329 Å². The minimum atomic E-state index is -2.17. The maximum atomic E-state index is 7.17. The first-order chi connectivity index (χ1) is 31.5. The maximum absolute atomic E-state index is 7.17. The maximum Gasteiger partial charge on any atom is 0.631 e. The highest BCUT2D eigenvalue weighted by molar-refractivity contribution is 7.98. The van der Waals surface area contributed by atoms with E-state index in [4.69, 9.17) is 15.1 Å². The van der Waals surface area contributed by atoms with Gasteiger partial charge in [0, 0.05) is 0 Å². The third-order valence-electron chi connectivity index (χ3n) is 12.6. The summed E-state index contributed by atoms with van der Waals surface area (Å²) in [6.07, 6.45) is 77.1. The van der Waals surface area contributed by atoms with Crippen LogP contribution in [0.25, 0.3) is 0 Å². The van der Waals surface area contributed by atoms with E-state index in [9.17, 15) is 0 Å². The number of hydrogen-bond donors (Lipinski definition) is 3. The van der Waals surface area contributed by atoms with Crippen molar-refractivity contribution >= 4 is 42.6 Å². The third kappa shape index (κ3) is 89.6. The molecule has 0 rings (SSSR count). The fourth-order valence-corrected chi connectivity index (χ4v) is 9.86. The molecule has 3 nitrogen and oxygen atoms in total. The Morgan fingerprint density at radius 1 is 0.203 bits per heavy atom. The molecule has 0 atom stereocenters. The van der Waals surface area contributed by atoms with Gasteiger partial charge in [-0.25, -0.2) is 0 Å². The predicted molar refractivity (Wildman–Crippen MR) is 306 cm³/mol. The largest absolute Gasteiger partial charge is 0.631 e. The molecule has 390 valence electrons. The Morgan fingerprint density at radius 2 is 0.297 bits per heavy atom. The second-order valence-electron chi connectivity index (χ2n) is 19.2. The minimum absolute atomic E-state index is 1.36. The van der Waals surface area contributed by atoms with Crippen LogP contribution in [0.4, 0.5) is 0 Å². The van der Waals surface area contributed by atoms with E-state index in [0.29, 0.717) is 0 Å². The Morgan fingerprint density at radius 3 is 0.391 bits per heavy atom. The Kier molecular flexibility index (Phi) is 84.4. The van der Waals surface area contributed by atoms with Crippen LogP contribution in [0.2, 0.25) is 0 Å². The summed E-state index contributed by atoms with van der Waals surface area (Å²) in [4.78, 5) is 0. The molecule has 0 aromatic heterocycles. The van der Waals surface area contributed by atoms with E-state index in [2.05, 4.69) is 39.5 Å². The van der Waals surface area contributed by atoms with Crippen LogP contribution in [0.15, 0.2) is 0 Å². The van der Waals surface area contributed by atoms with Gasteiger partial charge in [-0.2, -0.15) is 35.3 Å². The van der Waals surface area contributed by atoms with Gasteiger partial charge in [0.2, 0.25) is 0 Å². The molecule has 0 amide bonds. The quantitative estimate of drug-likeness (QED) is 0.0417. The van der Waals surface area contributed by atoms with Gasteiger partial charge >= 0.3 is 7.32 Å². The molecule has 0 fully saturated rings. The van der Waals surface area contributed by atoms with Crippen LogP contribution in [-0.2, 0) is 0 Å². The lowest BCUT2D eigenvalue weighted by atomic mass is 10.0. The molecule has 3 N–H and O–H groups in total. The molecule has 0 aliphatic heterocycles. The molecule has 64 heavy (non-hydrogen) atoms. The zero-order valence-corrected chi connectivity index (χ0v) is 47.7. The Labute approximate surface area is 420 Å². The standard InChI is InChI=1S/3C19H40S.BH3O3/c3*1-3-4-5-6-7-8-9-10-11-12-13-14-15-16-17-18-19-20-2;2-1(3)4/h3*3-19H2,1-2H3;2-4H. The van der Waals surface area contributed by atoms with Gasteiger partial charge in [0.15, 0.2) is 0 Å². The van der Waals surface area contributed by atoms with Gasteiger partial charge < -0.3 is 15.1 Å². The molecule has 0 aromatic rings. The fourth-order valence-electron chi connectivity index (χ4n) is 8.38. The highest BCUT2D eigenvalue weighted by atomic mass is 32.2. The lowest BCUT2D eigenvalue weighted by Crippen LogP contribution is -2.07. The third-order valence-corrected chi connectivity index (χ3v) is 14.7. The van der Waals surface area contributed by atoms with Gasteiger partial charge in [-0.05, 0) is 55.3 Å². The molecule has 0 heterocycles. The lowest BCUT2D eigenvalue weighted by molar-refractivity contribution is 0.278. The lowest BCUT2D eigenvalue weighted by Gasteiger charge is -2.03. The van der Waals surface area contributed by atoms with Gasteiger partial charge in [-0.3, -0.25) is 0 Å². The van der Waals surface area contributed by atoms with Crippen LogP contribution >= 0.6 is 35.3 Å². The SMILES string of the molecule is CCCCCCCCCCCCCCCCCCSC.CCCCCCCCCCCCCCCCCCSC.CCCCCCCCCCCCCCCCCCSC.OB(O)O. The summed E-state index contributed by atoms with van der Waals surface area (Å²) in [6.45, 7) is 6.89. The van der Waals surface area contributed by atoms with Crippen molar-refractivity contribution in [2.75, 3.05) is 36.0 Å². The fraction of sp³-hybridized carbons (Fsp3) is 1.00. The molecule has 0 radical (unpaired) electrons. The summed E-state index contributed by atoms with van der Waals surface area (Å²) in [6, 6.07) is 0. The van der Waals surface area contributed by atoms with Crippen LogP contribution in [-0.4, -0.2) is 58.4 Å². The molecular formula is C57H123BO3S3. The predicted octanol–water partition coefficient (Wildman–Crippen LogP) is 20.8. The zero-order valence-electron chi connectivity index (χ0n) is 45.2. The molecule has 0 spiro atoms. The minimum Gasteiger partial charge on any atom is -0.402 e. The van der Waals surface area contributed by atoms with Crippen molar-refractivity contribution in [3.8, 4) is 0 Å². The van der Waals surface area contributed by atoms with Crippen molar-refractivity contribution in [3.05, 3.63) is 0 Å². The molecule has 0 saturated heterocycles. The highest BCUT2D eigenvalue weighted by Gasteiger charge is 1.98. The first kappa shape index (κ1) is 71.5. The zero-order chi connectivity index (χ0) is 47.8. The van der Waals surface area contributed by atoms with Crippen LogP contribution in [0.5, 0.6) is 0 Å². The second kappa shape index (κ2) is 75.5. The van der Waals surface area contributed by atoms with Crippen LogP contribution in [0.1, 0.15) is 329 Å². The van der Waals surface area contributed by atoms with E-state index in [1.807, 2.05) is 35.3 Å². The van der Waals surface area contributed by atoms with Gasteiger partial charge in [0.1, 0.15) is 0 Å². The summed E-state index contributed by atoms with van der Waals surface area (Å²) in [5.41, 5.74) is 0. The van der Waals surface area contributed by atoms with Crippen molar-refractivity contribution < 1.29 is 15.1 Å². The molecular weight excluding hydrogens is 840 g/mol. The van der Waals surface area contributed by atoms with Crippen LogP contribution < -0.4 is 0 Å². The summed E-state index contributed by atoms with van der Waals surface area (Å²) in [7, 11) is -2.17. The molecule has 0 aliphatic rings. The number of thioether (sulfide) groups is 3. The average Bonchev–Trinajstić information content (AvgIpc) is 3.29. The number of rotatable bonds is 51. The van der Waals surface area contributed by atoms with Gasteiger partial charge in [0.25, 0.3) is 0 Å². The van der Waals surface area contributed by atoms with Gasteiger partial charge in [-0.1, -0.05) is 310 Å². The van der Waals surface area contributed by atoms with E-state index >= 15 is 0 Å². The molecule has 0 saturated carbocycles. The van der Waals surface area contributed by atoms with Gasteiger partial charge in [-0.15, -0.1) is 0 Å². The molecule has 0 aliphatic carbocycles. The summed E-state index contributed by atoms with van der Waals surface area (Å²) in [5.74, 6) is 4.08. The van der Waals surface area contributed by atoms with Crippen LogP contribution in [0.3, 0.4) is 0 Å². The highest BCUT2D eigenvalue weighted by Crippen LogP contribution is 2.17. The van der Waals surface area contributed by atoms with Crippen molar-refractivity contribution in [1.82, 2.24) is 0 Å². The Bertz CT molecular complexity index is 563. The monoisotopic (exact) mass is 963 g/mol. The van der Waals surface area contributed by atoms with Crippen molar-refractivity contribution in [1.29, 1.82) is 0 Å². The smallest absolute Gasteiger partial charge is 0.402 e. The molecule has 0 aromatic carbocycles. The van der Waals surface area contributed by atoms with Crippen LogP contribution in [0, 0.1) is 0 Å². The topological polar surface area (TPSA) is 60.7 Å². The number of hydrogen-bond acceptors (Lipinski definition) is 6. The normalized spacial score (nSPS) is 10.8. The van der Waals surface area contributed by atoms with Crippen molar-refractivity contribution in [2.24, 2.45) is 0 Å². The van der Waals surface area contributed by atoms with E-state index in [1.54, 1.807) is 0 Å². The Hall–Kier alpha value is 0.995. The van der Waals surface area contributed by atoms with E-state index in [-0.39, 0.29) is 0 Å². The second-order valence-corrected chi connectivity index (χ2v) is 22.2.